The zero-order valence-corrected chi connectivity index (χ0v) is 11.1. The van der Waals surface area contributed by atoms with Crippen molar-refractivity contribution in [3.63, 3.8) is 0 Å². The molecule has 4 nitrogen and oxygen atoms in total. The van der Waals surface area contributed by atoms with Gasteiger partial charge in [-0.3, -0.25) is 4.79 Å². The molecule has 0 spiro atoms. The lowest BCUT2D eigenvalue weighted by Crippen LogP contribution is -2.35. The molecular formula is C14H22N2O2. The average molecular weight is 250 g/mol. The maximum atomic E-state index is 11.5. The molecule has 0 aromatic heterocycles. The van der Waals surface area contributed by atoms with Crippen LogP contribution in [0.1, 0.15) is 25.8 Å². The number of carbonyl (C=O) groups is 1. The lowest BCUT2D eigenvalue weighted by atomic mass is 10.1. The summed E-state index contributed by atoms with van der Waals surface area (Å²) < 4.78 is 5.45. The lowest BCUT2D eigenvalue weighted by Gasteiger charge is -2.12. The quantitative estimate of drug-likeness (QED) is 0.770. The predicted octanol–water partition coefficient (Wildman–Crippen LogP) is 1.48. The third-order valence-electron chi connectivity index (χ3n) is 2.72. The number of carbonyl (C=O) groups excluding carboxylic acids is 1. The lowest BCUT2D eigenvalue weighted by molar-refractivity contribution is -0.123. The van der Waals surface area contributed by atoms with E-state index in [-0.39, 0.29) is 18.6 Å². The van der Waals surface area contributed by atoms with Gasteiger partial charge >= 0.3 is 0 Å². The Bertz CT molecular complexity index is 380. The van der Waals surface area contributed by atoms with E-state index in [0.717, 1.165) is 18.4 Å². The Labute approximate surface area is 109 Å². The van der Waals surface area contributed by atoms with Gasteiger partial charge in [0.2, 0.25) is 0 Å². The Hall–Kier alpha value is -1.55. The number of rotatable bonds is 7. The minimum atomic E-state index is -0.0893. The van der Waals surface area contributed by atoms with Crippen LogP contribution in [0.15, 0.2) is 24.3 Å². The van der Waals surface area contributed by atoms with Gasteiger partial charge in [-0.25, -0.2) is 0 Å². The number of amides is 1. The van der Waals surface area contributed by atoms with E-state index in [4.69, 9.17) is 10.5 Å². The Balaban J connectivity index is 2.43. The fourth-order valence-corrected chi connectivity index (χ4v) is 1.52. The molecule has 0 saturated heterocycles. The minimum Gasteiger partial charge on any atom is -0.484 e. The molecule has 0 aliphatic heterocycles. The molecule has 0 bridgehead atoms. The van der Waals surface area contributed by atoms with Gasteiger partial charge in [-0.05, 0) is 44.0 Å². The van der Waals surface area contributed by atoms with E-state index in [1.165, 1.54) is 0 Å². The zero-order valence-electron chi connectivity index (χ0n) is 11.1. The van der Waals surface area contributed by atoms with E-state index >= 15 is 0 Å². The van der Waals surface area contributed by atoms with Crippen molar-refractivity contribution in [3.8, 4) is 5.75 Å². The van der Waals surface area contributed by atoms with Crippen LogP contribution in [0.4, 0.5) is 0 Å². The zero-order chi connectivity index (χ0) is 13.4. The Morgan fingerprint density at radius 3 is 2.94 bits per heavy atom. The molecule has 1 aromatic rings. The molecule has 1 atom stereocenters. The second-order valence-electron chi connectivity index (χ2n) is 4.35. The number of hydrogen-bond acceptors (Lipinski definition) is 3. The van der Waals surface area contributed by atoms with Gasteiger partial charge in [0.25, 0.3) is 5.91 Å². The summed E-state index contributed by atoms with van der Waals surface area (Å²) >= 11 is 0. The summed E-state index contributed by atoms with van der Waals surface area (Å²) in [6.45, 7) is 4.66. The first-order chi connectivity index (χ1) is 8.65. The molecule has 0 aliphatic rings. The summed E-state index contributed by atoms with van der Waals surface area (Å²) in [6, 6.07) is 7.86. The van der Waals surface area contributed by atoms with Crippen LogP contribution < -0.4 is 15.8 Å². The summed E-state index contributed by atoms with van der Waals surface area (Å²) in [7, 11) is 0. The molecule has 4 heteroatoms. The van der Waals surface area contributed by atoms with E-state index in [1.54, 1.807) is 0 Å². The number of nitrogens with one attached hydrogen (secondary N) is 1. The van der Waals surface area contributed by atoms with Gasteiger partial charge in [0.15, 0.2) is 6.61 Å². The van der Waals surface area contributed by atoms with Crippen LogP contribution in [0.5, 0.6) is 5.75 Å². The highest BCUT2D eigenvalue weighted by Crippen LogP contribution is 2.13. The number of nitrogens with two attached hydrogens (primary N) is 1. The summed E-state index contributed by atoms with van der Waals surface area (Å²) in [6.07, 6.45) is 1.73. The van der Waals surface area contributed by atoms with Gasteiger partial charge in [-0.2, -0.15) is 0 Å². The fraction of sp³-hybridized carbons (Fsp3) is 0.500. The molecule has 0 fully saturated rings. The predicted molar refractivity (Wildman–Crippen MR) is 72.6 cm³/mol. The van der Waals surface area contributed by atoms with E-state index < -0.39 is 0 Å². The summed E-state index contributed by atoms with van der Waals surface area (Å²) in [5.74, 6) is 0.619. The Kier molecular flexibility index (Phi) is 6.22. The van der Waals surface area contributed by atoms with Gasteiger partial charge in [-0.15, -0.1) is 0 Å². The molecule has 18 heavy (non-hydrogen) atoms. The first-order valence-corrected chi connectivity index (χ1v) is 6.37. The van der Waals surface area contributed by atoms with E-state index in [1.807, 2.05) is 38.1 Å². The number of benzene rings is 1. The van der Waals surface area contributed by atoms with Gasteiger partial charge in [-0.1, -0.05) is 19.1 Å². The third-order valence-corrected chi connectivity index (χ3v) is 2.72. The van der Waals surface area contributed by atoms with E-state index in [0.29, 0.717) is 12.3 Å². The van der Waals surface area contributed by atoms with Crippen molar-refractivity contribution in [3.05, 3.63) is 29.8 Å². The Morgan fingerprint density at radius 2 is 2.28 bits per heavy atom. The van der Waals surface area contributed by atoms with Crippen molar-refractivity contribution in [2.24, 2.45) is 5.73 Å². The van der Waals surface area contributed by atoms with Crippen molar-refractivity contribution in [1.82, 2.24) is 5.32 Å². The van der Waals surface area contributed by atoms with Gasteiger partial charge < -0.3 is 15.8 Å². The first-order valence-electron chi connectivity index (χ1n) is 6.37. The van der Waals surface area contributed by atoms with Crippen molar-refractivity contribution in [2.45, 2.75) is 32.7 Å². The molecule has 1 aromatic carbocycles. The van der Waals surface area contributed by atoms with Crippen molar-refractivity contribution in [2.75, 3.05) is 13.2 Å². The highest BCUT2D eigenvalue weighted by molar-refractivity contribution is 5.77. The second-order valence-corrected chi connectivity index (χ2v) is 4.35. The molecule has 1 amide bonds. The van der Waals surface area contributed by atoms with Gasteiger partial charge in [0.05, 0.1) is 0 Å². The van der Waals surface area contributed by atoms with E-state index in [2.05, 4.69) is 5.32 Å². The molecule has 0 aliphatic carbocycles. The van der Waals surface area contributed by atoms with Crippen LogP contribution in [0.2, 0.25) is 0 Å². The summed E-state index contributed by atoms with van der Waals surface area (Å²) in [5, 5.41) is 2.86. The van der Waals surface area contributed by atoms with Crippen LogP contribution in [0.25, 0.3) is 0 Å². The molecular weight excluding hydrogens is 228 g/mol. The summed E-state index contributed by atoms with van der Waals surface area (Å²) in [4.78, 5) is 11.5. The van der Waals surface area contributed by atoms with E-state index in [9.17, 15) is 4.79 Å². The average Bonchev–Trinajstić information content (AvgIpc) is 2.37. The third kappa shape index (κ3) is 5.19. The minimum absolute atomic E-state index is 0.0520. The molecule has 3 N–H and O–H groups in total. The van der Waals surface area contributed by atoms with Crippen molar-refractivity contribution in [1.29, 1.82) is 0 Å². The normalized spacial score (nSPS) is 11.9. The van der Waals surface area contributed by atoms with Gasteiger partial charge in [0, 0.05) is 6.04 Å². The van der Waals surface area contributed by atoms with Crippen molar-refractivity contribution >= 4 is 5.91 Å². The molecule has 0 saturated carbocycles. The van der Waals surface area contributed by atoms with Crippen LogP contribution in [0, 0.1) is 0 Å². The molecule has 1 unspecified atom stereocenters. The van der Waals surface area contributed by atoms with Crippen LogP contribution in [-0.4, -0.2) is 25.1 Å². The largest absolute Gasteiger partial charge is 0.484 e. The standard InChI is InChI=1S/C14H22N2O2/c1-3-11(2)16-14(17)10-18-13-6-4-5-12(9-13)7-8-15/h4-6,9,11H,3,7-8,10,15H2,1-2H3,(H,16,17). The fourth-order valence-electron chi connectivity index (χ4n) is 1.52. The number of hydrogen-bond donors (Lipinski definition) is 2. The molecule has 0 radical (unpaired) electrons. The monoisotopic (exact) mass is 250 g/mol. The van der Waals surface area contributed by atoms with Crippen LogP contribution in [0.3, 0.4) is 0 Å². The Morgan fingerprint density at radius 1 is 1.50 bits per heavy atom. The maximum Gasteiger partial charge on any atom is 0.258 e. The summed E-state index contributed by atoms with van der Waals surface area (Å²) in [5.41, 5.74) is 6.62. The first kappa shape index (κ1) is 14.5. The topological polar surface area (TPSA) is 64.3 Å². The molecule has 100 valence electrons. The van der Waals surface area contributed by atoms with Gasteiger partial charge in [0.1, 0.15) is 5.75 Å². The van der Waals surface area contributed by atoms with Crippen LogP contribution >= 0.6 is 0 Å². The molecule has 1 rings (SSSR count). The SMILES string of the molecule is CCC(C)NC(=O)COc1cccc(CCN)c1. The van der Waals surface area contributed by atoms with Crippen molar-refractivity contribution < 1.29 is 9.53 Å². The highest BCUT2D eigenvalue weighted by Gasteiger charge is 2.06. The highest BCUT2D eigenvalue weighted by atomic mass is 16.5. The smallest absolute Gasteiger partial charge is 0.258 e. The van der Waals surface area contributed by atoms with Crippen LogP contribution in [-0.2, 0) is 11.2 Å². The maximum absolute atomic E-state index is 11.5. The number of ether oxygens (including phenoxy) is 1. The molecule has 0 heterocycles. The second kappa shape index (κ2) is 7.71.